The summed E-state index contributed by atoms with van der Waals surface area (Å²) in [5, 5.41) is 6.13. The summed E-state index contributed by atoms with van der Waals surface area (Å²) < 4.78 is 5.23. The van der Waals surface area contributed by atoms with E-state index in [9.17, 15) is 14.4 Å². The average molecular weight is 469 g/mol. The number of ether oxygens (including phenoxy) is 1. The first kappa shape index (κ1) is 23.4. The van der Waals surface area contributed by atoms with Crippen molar-refractivity contribution in [2.45, 2.75) is 6.54 Å². The number of pyridine rings is 1. The molecule has 1 aromatic heterocycles. The van der Waals surface area contributed by atoms with Gasteiger partial charge in [0.15, 0.2) is 0 Å². The number of amides is 3. The summed E-state index contributed by atoms with van der Waals surface area (Å²) >= 11 is 0. The van der Waals surface area contributed by atoms with Crippen molar-refractivity contribution < 1.29 is 19.1 Å². The number of nitrogens with one attached hydrogen (secondary N) is 2. The van der Waals surface area contributed by atoms with E-state index in [0.29, 0.717) is 16.8 Å². The number of carbonyl (C=O) groups is 3. The molecule has 3 aromatic carbocycles. The van der Waals surface area contributed by atoms with E-state index in [-0.39, 0.29) is 19.0 Å². The number of fused-ring (bicyclic) bond motifs is 1. The summed E-state index contributed by atoms with van der Waals surface area (Å²) in [6.07, 6.45) is 0. The minimum atomic E-state index is -0.614. The fraction of sp³-hybridized carbons (Fsp3) is 0.111. The molecule has 0 spiro atoms. The molecule has 8 nitrogen and oxygen atoms in total. The Balaban J connectivity index is 1.52. The molecule has 0 unspecified atom stereocenters. The second kappa shape index (κ2) is 10.5. The Hall–Kier alpha value is -4.72. The van der Waals surface area contributed by atoms with Gasteiger partial charge in [-0.15, -0.1) is 0 Å². The van der Waals surface area contributed by atoms with Crippen molar-refractivity contribution in [2.75, 3.05) is 13.7 Å². The standard InChI is InChI=1S/C27H24N4O4/c1-35-20-12-10-18(11-13-20)24-14-22(21-4-2-3-5-23(21)31-24)27(34)29-15-17-6-8-19(9-7-17)26(33)30-16-25(28)32/h2-14H,15-16H2,1H3,(H2,28,32)(H,29,34)(H,30,33). The van der Waals surface area contributed by atoms with Crippen LogP contribution in [0.1, 0.15) is 26.3 Å². The molecule has 8 heteroatoms. The van der Waals surface area contributed by atoms with Gasteiger partial charge in [0.25, 0.3) is 11.8 Å². The van der Waals surface area contributed by atoms with Gasteiger partial charge in [-0.05, 0) is 54.1 Å². The van der Waals surface area contributed by atoms with Crippen LogP contribution in [-0.2, 0) is 11.3 Å². The summed E-state index contributed by atoms with van der Waals surface area (Å²) in [5.41, 5.74) is 9.05. The first-order valence-electron chi connectivity index (χ1n) is 10.9. The third-order valence-corrected chi connectivity index (χ3v) is 5.44. The molecule has 0 bridgehead atoms. The number of methoxy groups -OCH3 is 1. The van der Waals surface area contributed by atoms with Crippen LogP contribution in [0, 0.1) is 0 Å². The van der Waals surface area contributed by atoms with Gasteiger partial charge in [0.2, 0.25) is 5.91 Å². The number of carbonyl (C=O) groups excluding carboxylic acids is 3. The molecule has 4 N–H and O–H groups in total. The number of nitrogens with two attached hydrogens (primary N) is 1. The van der Waals surface area contributed by atoms with Crippen molar-refractivity contribution in [3.05, 3.63) is 95.6 Å². The van der Waals surface area contributed by atoms with Gasteiger partial charge in [0.1, 0.15) is 5.75 Å². The molecule has 3 amide bonds. The summed E-state index contributed by atoms with van der Waals surface area (Å²) in [7, 11) is 1.61. The molecular formula is C27H24N4O4. The molecule has 4 aromatic rings. The van der Waals surface area contributed by atoms with Gasteiger partial charge >= 0.3 is 0 Å². The van der Waals surface area contributed by atoms with E-state index in [4.69, 9.17) is 15.5 Å². The van der Waals surface area contributed by atoms with E-state index in [1.807, 2.05) is 48.5 Å². The molecule has 0 fully saturated rings. The quantitative estimate of drug-likeness (QED) is 0.367. The van der Waals surface area contributed by atoms with E-state index < -0.39 is 11.8 Å². The number of primary amides is 1. The summed E-state index contributed by atoms with van der Waals surface area (Å²) in [6, 6.07) is 23.5. The topological polar surface area (TPSA) is 123 Å². The van der Waals surface area contributed by atoms with Crippen LogP contribution in [0.4, 0.5) is 0 Å². The maximum Gasteiger partial charge on any atom is 0.252 e. The second-order valence-corrected chi connectivity index (χ2v) is 7.83. The molecule has 4 rings (SSSR count). The highest BCUT2D eigenvalue weighted by Crippen LogP contribution is 2.26. The van der Waals surface area contributed by atoms with Crippen molar-refractivity contribution in [2.24, 2.45) is 5.73 Å². The molecule has 0 aliphatic rings. The maximum absolute atomic E-state index is 13.2. The summed E-state index contributed by atoms with van der Waals surface area (Å²) in [4.78, 5) is 40.7. The van der Waals surface area contributed by atoms with Gasteiger partial charge in [0.05, 0.1) is 30.4 Å². The zero-order valence-electron chi connectivity index (χ0n) is 19.1. The van der Waals surface area contributed by atoms with E-state index in [0.717, 1.165) is 27.8 Å². The molecule has 0 atom stereocenters. The highest BCUT2D eigenvalue weighted by Gasteiger charge is 2.14. The lowest BCUT2D eigenvalue weighted by Gasteiger charge is -2.11. The van der Waals surface area contributed by atoms with E-state index in [1.165, 1.54) is 0 Å². The van der Waals surface area contributed by atoms with Crippen molar-refractivity contribution in [3.8, 4) is 17.0 Å². The zero-order chi connectivity index (χ0) is 24.8. The minimum absolute atomic E-state index is 0.227. The second-order valence-electron chi connectivity index (χ2n) is 7.83. The molecule has 0 saturated heterocycles. The SMILES string of the molecule is COc1ccc(-c2cc(C(=O)NCc3ccc(C(=O)NCC(N)=O)cc3)c3ccccc3n2)cc1. The summed E-state index contributed by atoms with van der Waals surface area (Å²) in [6.45, 7) is 0.0472. The van der Waals surface area contributed by atoms with Crippen molar-refractivity contribution in [1.29, 1.82) is 0 Å². The lowest BCUT2D eigenvalue weighted by molar-refractivity contribution is -0.117. The van der Waals surface area contributed by atoms with Crippen LogP contribution in [0.25, 0.3) is 22.2 Å². The van der Waals surface area contributed by atoms with Crippen molar-refractivity contribution >= 4 is 28.6 Å². The van der Waals surface area contributed by atoms with Crippen LogP contribution < -0.4 is 21.1 Å². The molecule has 0 radical (unpaired) electrons. The Labute approximate surface area is 202 Å². The molecule has 176 valence electrons. The molecule has 1 heterocycles. The van der Waals surface area contributed by atoms with Gasteiger partial charge in [-0.1, -0.05) is 30.3 Å². The van der Waals surface area contributed by atoms with Crippen LogP contribution >= 0.6 is 0 Å². The van der Waals surface area contributed by atoms with Crippen LogP contribution in [0.15, 0.2) is 78.9 Å². The average Bonchev–Trinajstić information content (AvgIpc) is 2.90. The predicted molar refractivity (Wildman–Crippen MR) is 133 cm³/mol. The Morgan fingerprint density at radius 3 is 2.29 bits per heavy atom. The van der Waals surface area contributed by atoms with Gasteiger partial charge in [-0.25, -0.2) is 4.98 Å². The van der Waals surface area contributed by atoms with Gasteiger partial charge in [0, 0.05) is 23.1 Å². The number of nitrogens with zero attached hydrogens (tertiary/aromatic N) is 1. The Bertz CT molecular complexity index is 1380. The molecule has 0 aliphatic carbocycles. The maximum atomic E-state index is 13.2. The third kappa shape index (κ3) is 5.62. The number of rotatable bonds is 8. The largest absolute Gasteiger partial charge is 0.497 e. The Morgan fingerprint density at radius 1 is 0.886 bits per heavy atom. The van der Waals surface area contributed by atoms with E-state index >= 15 is 0 Å². The van der Waals surface area contributed by atoms with Crippen LogP contribution in [0.2, 0.25) is 0 Å². The number of aromatic nitrogens is 1. The van der Waals surface area contributed by atoms with Crippen molar-refractivity contribution in [1.82, 2.24) is 15.6 Å². The number of para-hydroxylation sites is 1. The van der Waals surface area contributed by atoms with E-state index in [1.54, 1.807) is 37.4 Å². The molecule has 0 saturated carbocycles. The highest BCUT2D eigenvalue weighted by molar-refractivity contribution is 6.07. The monoisotopic (exact) mass is 468 g/mol. The smallest absolute Gasteiger partial charge is 0.252 e. The lowest BCUT2D eigenvalue weighted by Crippen LogP contribution is -2.33. The highest BCUT2D eigenvalue weighted by atomic mass is 16.5. The zero-order valence-corrected chi connectivity index (χ0v) is 19.1. The minimum Gasteiger partial charge on any atom is -0.497 e. The molecule has 0 aliphatic heterocycles. The summed E-state index contributed by atoms with van der Waals surface area (Å²) in [5.74, 6) is -0.504. The van der Waals surface area contributed by atoms with Gasteiger partial charge in [-0.2, -0.15) is 0 Å². The first-order chi connectivity index (χ1) is 16.9. The van der Waals surface area contributed by atoms with E-state index in [2.05, 4.69) is 10.6 Å². The third-order valence-electron chi connectivity index (χ3n) is 5.44. The molecule has 35 heavy (non-hydrogen) atoms. The van der Waals surface area contributed by atoms with Gasteiger partial charge in [-0.3, -0.25) is 14.4 Å². The van der Waals surface area contributed by atoms with Crippen LogP contribution in [-0.4, -0.2) is 36.4 Å². The normalized spacial score (nSPS) is 10.5. The van der Waals surface area contributed by atoms with Gasteiger partial charge < -0.3 is 21.1 Å². The fourth-order valence-corrected chi connectivity index (χ4v) is 3.59. The lowest BCUT2D eigenvalue weighted by atomic mass is 10.0. The number of hydrogen-bond acceptors (Lipinski definition) is 5. The first-order valence-corrected chi connectivity index (χ1v) is 10.9. The van der Waals surface area contributed by atoms with Crippen LogP contribution in [0.3, 0.4) is 0 Å². The van der Waals surface area contributed by atoms with Crippen LogP contribution in [0.5, 0.6) is 5.75 Å². The number of hydrogen-bond donors (Lipinski definition) is 3. The van der Waals surface area contributed by atoms with Crippen molar-refractivity contribution in [3.63, 3.8) is 0 Å². The molecular weight excluding hydrogens is 444 g/mol. The Morgan fingerprint density at radius 2 is 1.60 bits per heavy atom. The predicted octanol–water partition coefficient (Wildman–Crippen LogP) is 3.06. The Kier molecular flexibility index (Phi) is 7.02. The fourth-order valence-electron chi connectivity index (χ4n) is 3.59. The number of benzene rings is 3.